The third kappa shape index (κ3) is 10.7. The first-order valence-electron chi connectivity index (χ1n) is 15.6. The van der Waals surface area contributed by atoms with Gasteiger partial charge in [-0.2, -0.15) is 16.8 Å². The number of aliphatic hydroxyl groups is 8. The highest BCUT2D eigenvalue weighted by Gasteiger charge is 2.56. The molecule has 0 aromatic heterocycles. The highest BCUT2D eigenvalue weighted by molar-refractivity contribution is 7.81. The molecule has 4 heterocycles. The molecule has 0 unspecified atom stereocenters. The van der Waals surface area contributed by atoms with E-state index in [0.29, 0.717) is 0 Å². The van der Waals surface area contributed by atoms with E-state index in [-0.39, 0.29) is 0 Å². The van der Waals surface area contributed by atoms with Crippen LogP contribution < -0.4 is 11.5 Å². The molecule has 0 bridgehead atoms. The van der Waals surface area contributed by atoms with E-state index < -0.39 is 169 Å². The number of aliphatic carboxylic acids is 2. The average Bonchev–Trinajstić information content (AvgIpc) is 3.08. The highest BCUT2D eigenvalue weighted by atomic mass is 32.3. The summed E-state index contributed by atoms with van der Waals surface area (Å²) in [4.78, 5) is 23.8. The fourth-order valence-corrected chi connectivity index (χ4v) is 6.47. The van der Waals surface area contributed by atoms with Crippen molar-refractivity contribution in [1.82, 2.24) is 0 Å². The number of hydrogen-bond acceptors (Lipinski definition) is 25. The summed E-state index contributed by atoms with van der Waals surface area (Å²) in [6.07, 6.45) is -38.8. The average molecular weight is 853 g/mol. The van der Waals surface area contributed by atoms with Gasteiger partial charge in [0.05, 0.1) is 25.3 Å². The fourth-order valence-electron chi connectivity index (χ4n) is 5.86. The molecule has 4 aliphatic heterocycles. The van der Waals surface area contributed by atoms with Gasteiger partial charge in [0.1, 0.15) is 73.2 Å². The molecule has 0 saturated carbocycles. The molecule has 4 aliphatic rings. The minimum absolute atomic E-state index is 1.15. The van der Waals surface area contributed by atoms with Crippen LogP contribution in [0.15, 0.2) is 0 Å². The molecule has 4 rings (SSSR count). The van der Waals surface area contributed by atoms with E-state index in [4.69, 9.17) is 53.7 Å². The van der Waals surface area contributed by atoms with Gasteiger partial charge in [0.15, 0.2) is 37.4 Å². The lowest BCUT2D eigenvalue weighted by Gasteiger charge is -2.48. The Morgan fingerprint density at radius 2 is 0.927 bits per heavy atom. The van der Waals surface area contributed by atoms with E-state index in [9.17, 15) is 77.5 Å². The van der Waals surface area contributed by atoms with Gasteiger partial charge < -0.3 is 95.7 Å². The SMILES string of the molecule is N[C@@H]1[C@@H](O)[C@H](O[C@@H]2O[C@H](C(=O)O)[C@@H](O[C@H]3O[C@H](COS(=O)(=O)O)[C@@H](O[C@@H]4O[C@H](C(=O)O)[C@@H](O)[C@H](O)[C@H]4O)[C@H](O)[C@H]3N)[C@H](O)[C@H]2O)[C@@H](COS(=O)(=O)O)O[C@@H]1O. The Hall–Kier alpha value is -2.00. The Labute approximate surface area is 308 Å². The Morgan fingerprint density at radius 1 is 0.509 bits per heavy atom. The van der Waals surface area contributed by atoms with Crippen LogP contribution in [-0.4, -0.2) is 225 Å². The van der Waals surface area contributed by atoms with E-state index >= 15 is 0 Å². The number of rotatable bonds is 14. The van der Waals surface area contributed by atoms with Gasteiger partial charge in [-0.05, 0) is 0 Å². The van der Waals surface area contributed by atoms with Crippen molar-refractivity contribution in [3.8, 4) is 0 Å². The summed E-state index contributed by atoms with van der Waals surface area (Å²) >= 11 is 0. The molecule has 55 heavy (non-hydrogen) atoms. The standard InChI is InChI=1S/C24H40N2O27S2/c25-5-7(27)14(3(47-21(5)38)1-45-54(39,40)41)49-24-13(33)11(31)16(18(53-24)20(36)37)51-22-6(26)8(28)15(4(48-22)2-46-55(42,43)44)50-23-12(32)9(29)10(30)17(52-23)19(34)35/h3-18,21-24,27-33,38H,1-2,25-26H2,(H,34,35)(H,36,37)(H,39,40,41)(H,42,43,44)/t3-,4-,5-,6-,7-,8-,9+,10+,11-,12-,13-,14-,15-,16+,17+,18+,21+,22-,23-,24-/m1/s1. The second-order valence-corrected chi connectivity index (χ2v) is 14.6. The molecular formula is C24H40N2O27S2. The smallest absolute Gasteiger partial charge is 0.397 e. The summed E-state index contributed by atoms with van der Waals surface area (Å²) in [5.74, 6) is -3.78. The molecular weight excluding hydrogens is 812 g/mol. The Bertz CT molecular complexity index is 1560. The zero-order chi connectivity index (χ0) is 41.5. The number of carbonyl (C=O) groups is 2. The van der Waals surface area contributed by atoms with E-state index in [1.54, 1.807) is 0 Å². The molecule has 4 fully saturated rings. The van der Waals surface area contributed by atoms with Crippen LogP contribution in [0.3, 0.4) is 0 Å². The van der Waals surface area contributed by atoms with Gasteiger partial charge in [-0.25, -0.2) is 18.0 Å². The largest absolute Gasteiger partial charge is 0.479 e. The van der Waals surface area contributed by atoms with Crippen molar-refractivity contribution in [1.29, 1.82) is 0 Å². The second kappa shape index (κ2) is 17.9. The molecule has 0 amide bonds. The first kappa shape index (κ1) is 45.7. The molecule has 20 atom stereocenters. The lowest BCUT2D eigenvalue weighted by Crippen LogP contribution is -2.69. The number of nitrogens with two attached hydrogens (primary N) is 2. The summed E-state index contributed by atoms with van der Waals surface area (Å²) in [5, 5.41) is 103. The third-order valence-electron chi connectivity index (χ3n) is 8.70. The van der Waals surface area contributed by atoms with Crippen LogP contribution in [-0.2, 0) is 71.9 Å². The van der Waals surface area contributed by atoms with E-state index in [2.05, 4.69) is 8.37 Å². The molecule has 0 aromatic carbocycles. The summed E-state index contributed by atoms with van der Waals surface area (Å²) < 4.78 is 109. The predicted octanol–water partition coefficient (Wildman–Crippen LogP) is -9.98. The number of ether oxygens (including phenoxy) is 7. The summed E-state index contributed by atoms with van der Waals surface area (Å²) in [6.45, 7) is -2.44. The van der Waals surface area contributed by atoms with Gasteiger partial charge in [0, 0.05) is 0 Å². The predicted molar refractivity (Wildman–Crippen MR) is 160 cm³/mol. The van der Waals surface area contributed by atoms with Crippen molar-refractivity contribution in [3.05, 3.63) is 0 Å². The minimum atomic E-state index is -5.29. The summed E-state index contributed by atoms with van der Waals surface area (Å²) in [6, 6.07) is -3.61. The Kier molecular flexibility index (Phi) is 14.8. The van der Waals surface area contributed by atoms with E-state index in [1.807, 2.05) is 0 Å². The van der Waals surface area contributed by atoms with Crippen LogP contribution in [0.2, 0.25) is 0 Å². The van der Waals surface area contributed by atoms with E-state index in [1.165, 1.54) is 0 Å². The zero-order valence-corrected chi connectivity index (χ0v) is 29.1. The first-order valence-corrected chi connectivity index (χ1v) is 18.3. The fraction of sp³-hybridized carbons (Fsp3) is 0.917. The molecule has 320 valence electrons. The summed E-state index contributed by atoms with van der Waals surface area (Å²) in [5.41, 5.74) is 11.7. The summed E-state index contributed by atoms with van der Waals surface area (Å²) in [7, 11) is -10.4. The van der Waals surface area contributed by atoms with Gasteiger partial charge in [-0.3, -0.25) is 9.11 Å². The van der Waals surface area contributed by atoms with Gasteiger partial charge >= 0.3 is 32.7 Å². The van der Waals surface area contributed by atoms with Crippen molar-refractivity contribution in [2.75, 3.05) is 13.2 Å². The molecule has 0 aliphatic carbocycles. The molecule has 4 saturated heterocycles. The number of carboxylic acid groups (broad SMARTS) is 2. The van der Waals surface area contributed by atoms with Crippen molar-refractivity contribution >= 4 is 32.7 Å². The van der Waals surface area contributed by atoms with Crippen LogP contribution >= 0.6 is 0 Å². The topological polar surface area (TPSA) is 480 Å². The number of aliphatic hydroxyl groups excluding tert-OH is 8. The monoisotopic (exact) mass is 852 g/mol. The molecule has 0 radical (unpaired) electrons. The molecule has 0 aromatic rings. The number of hydrogen-bond donors (Lipinski definition) is 14. The normalized spacial score (nSPS) is 45.9. The van der Waals surface area contributed by atoms with Crippen molar-refractivity contribution in [3.63, 3.8) is 0 Å². The van der Waals surface area contributed by atoms with Crippen molar-refractivity contribution < 1.29 is 128 Å². The Morgan fingerprint density at radius 3 is 1.40 bits per heavy atom. The lowest BCUT2D eigenvalue weighted by molar-refractivity contribution is -0.369. The minimum Gasteiger partial charge on any atom is -0.479 e. The maximum absolute atomic E-state index is 12.3. The maximum atomic E-state index is 12.3. The molecule has 31 heteroatoms. The van der Waals surface area contributed by atoms with Crippen LogP contribution in [0, 0.1) is 0 Å². The molecule has 29 nitrogen and oxygen atoms in total. The quantitative estimate of drug-likeness (QED) is 0.0721. The van der Waals surface area contributed by atoms with Crippen molar-refractivity contribution in [2.45, 2.75) is 123 Å². The maximum Gasteiger partial charge on any atom is 0.397 e. The second-order valence-electron chi connectivity index (χ2n) is 12.5. The number of carboxylic acids is 2. The van der Waals surface area contributed by atoms with Gasteiger partial charge in [-0.1, -0.05) is 0 Å². The van der Waals surface area contributed by atoms with Gasteiger partial charge in [-0.15, -0.1) is 0 Å². The van der Waals surface area contributed by atoms with Gasteiger partial charge in [0.25, 0.3) is 0 Å². The van der Waals surface area contributed by atoms with Gasteiger partial charge in [0.2, 0.25) is 0 Å². The third-order valence-corrected chi connectivity index (χ3v) is 9.57. The Balaban J connectivity index is 1.55. The molecule has 16 N–H and O–H groups in total. The van der Waals surface area contributed by atoms with E-state index in [0.717, 1.165) is 0 Å². The van der Waals surface area contributed by atoms with Crippen LogP contribution in [0.5, 0.6) is 0 Å². The van der Waals surface area contributed by atoms with Crippen LogP contribution in [0.1, 0.15) is 0 Å². The first-order chi connectivity index (χ1) is 25.3. The lowest BCUT2D eigenvalue weighted by atomic mass is 9.94. The van der Waals surface area contributed by atoms with Crippen molar-refractivity contribution in [2.24, 2.45) is 11.5 Å². The highest BCUT2D eigenvalue weighted by Crippen LogP contribution is 2.34. The van der Waals surface area contributed by atoms with Crippen LogP contribution in [0.4, 0.5) is 0 Å². The zero-order valence-electron chi connectivity index (χ0n) is 27.4. The van der Waals surface area contributed by atoms with Crippen LogP contribution in [0.25, 0.3) is 0 Å². The molecule has 0 spiro atoms.